The van der Waals surface area contributed by atoms with Gasteiger partial charge in [-0.05, 0) is 31.9 Å². The second-order valence-corrected chi connectivity index (χ2v) is 6.69. The number of nitrogens with zero attached hydrogens (tertiary/aromatic N) is 3. The van der Waals surface area contributed by atoms with Crippen molar-refractivity contribution in [3.63, 3.8) is 0 Å². The predicted molar refractivity (Wildman–Crippen MR) is 92.2 cm³/mol. The van der Waals surface area contributed by atoms with E-state index in [4.69, 9.17) is 4.99 Å². The number of benzene rings is 1. The summed E-state index contributed by atoms with van der Waals surface area (Å²) in [5.74, 6) is -0.302. The van der Waals surface area contributed by atoms with Crippen LogP contribution in [0.1, 0.15) is 43.4 Å². The van der Waals surface area contributed by atoms with Gasteiger partial charge in [0.25, 0.3) is 0 Å². The summed E-state index contributed by atoms with van der Waals surface area (Å²) >= 11 is 1.58. The normalized spacial score (nSPS) is 17.2. The molecule has 122 valence electrons. The monoisotopic (exact) mass is 331 g/mol. The standard InChI is InChI=1S/C17H21N3O2S/c1-12-11-23-17(19-14-7-3-2-4-8-14)20(12)18-10-13-6-5-9-15(21)16(13)22/h5-6,9-11,14,21-22H,2-4,7-8H2,1H3/b18-10+,19-17-. The lowest BCUT2D eigenvalue weighted by Gasteiger charge is -2.16. The molecule has 0 saturated heterocycles. The van der Waals surface area contributed by atoms with Crippen molar-refractivity contribution in [2.45, 2.75) is 45.1 Å². The fourth-order valence-electron chi connectivity index (χ4n) is 2.75. The molecule has 2 aromatic rings. The molecule has 1 fully saturated rings. The van der Waals surface area contributed by atoms with Crippen LogP contribution in [0, 0.1) is 6.92 Å². The van der Waals surface area contributed by atoms with Crippen LogP contribution in [-0.2, 0) is 0 Å². The number of para-hydroxylation sites is 1. The molecule has 1 aliphatic rings. The van der Waals surface area contributed by atoms with Crippen LogP contribution in [-0.4, -0.2) is 27.1 Å². The highest BCUT2D eigenvalue weighted by Crippen LogP contribution is 2.26. The Kier molecular flexibility index (Phi) is 4.81. The van der Waals surface area contributed by atoms with Crippen LogP contribution in [0.3, 0.4) is 0 Å². The maximum Gasteiger partial charge on any atom is 0.206 e. The molecule has 3 rings (SSSR count). The van der Waals surface area contributed by atoms with Crippen LogP contribution in [0.2, 0.25) is 0 Å². The molecule has 0 unspecified atom stereocenters. The van der Waals surface area contributed by atoms with Gasteiger partial charge in [0.15, 0.2) is 11.5 Å². The molecule has 0 bridgehead atoms. The molecular weight excluding hydrogens is 310 g/mol. The van der Waals surface area contributed by atoms with Crippen molar-refractivity contribution in [1.82, 2.24) is 4.68 Å². The number of thiazole rings is 1. The third-order valence-electron chi connectivity index (χ3n) is 4.08. The van der Waals surface area contributed by atoms with E-state index in [1.54, 1.807) is 34.4 Å². The maximum absolute atomic E-state index is 9.85. The Balaban J connectivity index is 1.91. The van der Waals surface area contributed by atoms with Gasteiger partial charge in [-0.2, -0.15) is 5.10 Å². The molecule has 1 saturated carbocycles. The lowest BCUT2D eigenvalue weighted by molar-refractivity contribution is 0.403. The zero-order valence-electron chi connectivity index (χ0n) is 13.1. The topological polar surface area (TPSA) is 70.1 Å². The fourth-order valence-corrected chi connectivity index (χ4v) is 3.63. The Morgan fingerprint density at radius 3 is 2.78 bits per heavy atom. The molecule has 1 aromatic carbocycles. The second-order valence-electron chi connectivity index (χ2n) is 5.85. The fraction of sp³-hybridized carbons (Fsp3) is 0.412. The van der Waals surface area contributed by atoms with Gasteiger partial charge in [-0.3, -0.25) is 4.99 Å². The number of phenols is 2. The van der Waals surface area contributed by atoms with Crippen LogP contribution in [0.4, 0.5) is 0 Å². The second kappa shape index (κ2) is 7.00. The zero-order valence-corrected chi connectivity index (χ0v) is 14.0. The molecule has 5 nitrogen and oxygen atoms in total. The Morgan fingerprint density at radius 1 is 1.22 bits per heavy atom. The lowest BCUT2D eigenvalue weighted by Crippen LogP contribution is -2.19. The number of aryl methyl sites for hydroxylation is 1. The van der Waals surface area contributed by atoms with Crippen molar-refractivity contribution < 1.29 is 10.2 Å². The highest BCUT2D eigenvalue weighted by atomic mass is 32.1. The van der Waals surface area contributed by atoms with Crippen LogP contribution >= 0.6 is 11.3 Å². The molecule has 0 aliphatic heterocycles. The van der Waals surface area contributed by atoms with Crippen molar-refractivity contribution in [3.8, 4) is 11.5 Å². The minimum absolute atomic E-state index is 0.145. The molecule has 1 aliphatic carbocycles. The third-order valence-corrected chi connectivity index (χ3v) is 5.02. The van der Waals surface area contributed by atoms with E-state index in [0.29, 0.717) is 11.6 Å². The van der Waals surface area contributed by atoms with Gasteiger partial charge >= 0.3 is 0 Å². The van der Waals surface area contributed by atoms with Crippen molar-refractivity contribution in [3.05, 3.63) is 39.6 Å². The average molecular weight is 331 g/mol. The highest BCUT2D eigenvalue weighted by Gasteiger charge is 2.12. The maximum atomic E-state index is 9.85. The Bertz CT molecular complexity index is 770. The van der Waals surface area contributed by atoms with Crippen LogP contribution in [0.5, 0.6) is 11.5 Å². The van der Waals surface area contributed by atoms with Gasteiger partial charge in [-0.15, -0.1) is 11.3 Å². The zero-order chi connectivity index (χ0) is 16.2. The largest absolute Gasteiger partial charge is 0.504 e. The summed E-state index contributed by atoms with van der Waals surface area (Å²) in [4.78, 5) is 5.73. The van der Waals surface area contributed by atoms with E-state index in [1.165, 1.54) is 25.3 Å². The van der Waals surface area contributed by atoms with E-state index >= 15 is 0 Å². The van der Waals surface area contributed by atoms with E-state index in [1.807, 2.05) is 12.3 Å². The summed E-state index contributed by atoms with van der Waals surface area (Å²) in [5.41, 5.74) is 1.48. The number of aromatic hydroxyl groups is 2. The Hall–Kier alpha value is -2.08. The summed E-state index contributed by atoms with van der Waals surface area (Å²) in [6, 6.07) is 5.21. The molecule has 0 spiro atoms. The van der Waals surface area contributed by atoms with Gasteiger partial charge in [-0.25, -0.2) is 4.68 Å². The first kappa shape index (κ1) is 15.8. The van der Waals surface area contributed by atoms with Crippen molar-refractivity contribution in [1.29, 1.82) is 0 Å². The molecule has 0 atom stereocenters. The summed E-state index contributed by atoms with van der Waals surface area (Å²) < 4.78 is 1.79. The molecule has 6 heteroatoms. The smallest absolute Gasteiger partial charge is 0.206 e. The Morgan fingerprint density at radius 2 is 2.00 bits per heavy atom. The average Bonchev–Trinajstić information content (AvgIpc) is 2.90. The third kappa shape index (κ3) is 3.64. The first-order chi connectivity index (χ1) is 11.1. The van der Waals surface area contributed by atoms with E-state index in [-0.39, 0.29) is 11.5 Å². The Labute approximate surface area is 139 Å². The van der Waals surface area contributed by atoms with Gasteiger partial charge in [0, 0.05) is 10.9 Å². The lowest BCUT2D eigenvalue weighted by atomic mass is 9.96. The number of aromatic nitrogens is 1. The van der Waals surface area contributed by atoms with E-state index in [2.05, 4.69) is 5.10 Å². The van der Waals surface area contributed by atoms with E-state index < -0.39 is 0 Å². The van der Waals surface area contributed by atoms with Gasteiger partial charge in [0.1, 0.15) is 0 Å². The summed E-state index contributed by atoms with van der Waals surface area (Å²) in [6.45, 7) is 1.98. The first-order valence-corrected chi connectivity index (χ1v) is 8.79. The molecule has 0 radical (unpaired) electrons. The molecule has 1 heterocycles. The van der Waals surface area contributed by atoms with E-state index in [0.717, 1.165) is 23.3 Å². The van der Waals surface area contributed by atoms with Crippen LogP contribution in [0.25, 0.3) is 0 Å². The van der Waals surface area contributed by atoms with Crippen LogP contribution in [0.15, 0.2) is 33.7 Å². The summed E-state index contributed by atoms with van der Waals surface area (Å²) in [5, 5.41) is 25.9. The van der Waals surface area contributed by atoms with E-state index in [9.17, 15) is 10.2 Å². The van der Waals surface area contributed by atoms with Crippen molar-refractivity contribution >= 4 is 17.6 Å². The highest BCUT2D eigenvalue weighted by molar-refractivity contribution is 7.07. The molecule has 2 N–H and O–H groups in total. The van der Waals surface area contributed by atoms with Gasteiger partial charge < -0.3 is 10.2 Å². The number of hydrogen-bond acceptors (Lipinski definition) is 5. The first-order valence-electron chi connectivity index (χ1n) is 7.91. The van der Waals surface area contributed by atoms with Gasteiger partial charge in [0.05, 0.1) is 18.0 Å². The SMILES string of the molecule is Cc1cs/c(=N\C2CCCCC2)n1/N=C/c1cccc(O)c1O. The predicted octanol–water partition coefficient (Wildman–Crippen LogP) is 3.38. The summed E-state index contributed by atoms with van der Waals surface area (Å²) in [7, 11) is 0. The van der Waals surface area contributed by atoms with Gasteiger partial charge in [0.2, 0.25) is 4.80 Å². The van der Waals surface area contributed by atoms with Crippen LogP contribution < -0.4 is 4.80 Å². The quantitative estimate of drug-likeness (QED) is 0.668. The summed E-state index contributed by atoms with van der Waals surface area (Å²) in [6.07, 6.45) is 7.65. The number of rotatable bonds is 3. The van der Waals surface area contributed by atoms with Crippen molar-refractivity contribution in [2.24, 2.45) is 10.1 Å². The minimum atomic E-state index is -0.157. The van der Waals surface area contributed by atoms with Gasteiger partial charge in [-0.1, -0.05) is 25.3 Å². The molecular formula is C17H21N3O2S. The number of phenolic OH excluding ortho intramolecular Hbond substituents is 2. The molecule has 1 aromatic heterocycles. The minimum Gasteiger partial charge on any atom is -0.504 e. The van der Waals surface area contributed by atoms with Crippen molar-refractivity contribution in [2.75, 3.05) is 0 Å². The number of hydrogen-bond donors (Lipinski definition) is 2. The molecule has 23 heavy (non-hydrogen) atoms. The molecule has 0 amide bonds.